The molecule has 0 atom stereocenters. The zero-order chi connectivity index (χ0) is 12.4. The Morgan fingerprint density at radius 2 is 1.94 bits per heavy atom. The highest BCUT2D eigenvalue weighted by molar-refractivity contribution is 7.80. The Morgan fingerprint density at radius 1 is 1.29 bits per heavy atom. The van der Waals surface area contributed by atoms with Crippen molar-refractivity contribution in [3.05, 3.63) is 0 Å². The van der Waals surface area contributed by atoms with Crippen molar-refractivity contribution in [3.63, 3.8) is 0 Å². The standard InChI is InChI=1S/C13H23NO2S/c1-12(4-6-16-7-5-12)9-14-11(15)8-13(10-17)2-3-13/h17H,2-10H2,1H3,(H,14,15). The van der Waals surface area contributed by atoms with Crippen LogP contribution in [0.25, 0.3) is 0 Å². The predicted octanol–water partition coefficient (Wildman–Crippen LogP) is 2.02. The molecule has 0 aromatic rings. The lowest BCUT2D eigenvalue weighted by Gasteiger charge is -2.33. The fourth-order valence-corrected chi connectivity index (χ4v) is 2.75. The summed E-state index contributed by atoms with van der Waals surface area (Å²) in [5.41, 5.74) is 0.454. The van der Waals surface area contributed by atoms with Gasteiger partial charge in [0.1, 0.15) is 0 Å². The monoisotopic (exact) mass is 257 g/mol. The van der Waals surface area contributed by atoms with Crippen molar-refractivity contribution in [1.29, 1.82) is 0 Å². The summed E-state index contributed by atoms with van der Waals surface area (Å²) in [5, 5.41) is 3.09. The molecule has 2 fully saturated rings. The van der Waals surface area contributed by atoms with Crippen LogP contribution in [0.2, 0.25) is 0 Å². The molecule has 1 N–H and O–H groups in total. The van der Waals surface area contributed by atoms with Gasteiger partial charge in [-0.1, -0.05) is 6.92 Å². The highest BCUT2D eigenvalue weighted by Crippen LogP contribution is 2.49. The minimum absolute atomic E-state index is 0.198. The lowest BCUT2D eigenvalue weighted by Crippen LogP contribution is -2.40. The average molecular weight is 257 g/mol. The van der Waals surface area contributed by atoms with Crippen molar-refractivity contribution in [2.45, 2.75) is 39.0 Å². The number of nitrogens with one attached hydrogen (secondary N) is 1. The van der Waals surface area contributed by atoms with E-state index in [1.165, 1.54) is 0 Å². The van der Waals surface area contributed by atoms with Gasteiger partial charge in [0.15, 0.2) is 0 Å². The Morgan fingerprint density at radius 3 is 2.47 bits per heavy atom. The molecule has 0 aromatic carbocycles. The molecule has 1 heterocycles. The van der Waals surface area contributed by atoms with Crippen LogP contribution in [0.3, 0.4) is 0 Å². The van der Waals surface area contributed by atoms with Crippen LogP contribution >= 0.6 is 12.6 Å². The SMILES string of the molecule is CC1(CNC(=O)CC2(CS)CC2)CCOCC1. The van der Waals surface area contributed by atoms with Crippen molar-refractivity contribution in [1.82, 2.24) is 5.32 Å². The van der Waals surface area contributed by atoms with Gasteiger partial charge < -0.3 is 10.1 Å². The molecule has 4 heteroatoms. The second kappa shape index (κ2) is 5.19. The molecule has 1 aliphatic heterocycles. The number of ether oxygens (including phenoxy) is 1. The zero-order valence-electron chi connectivity index (χ0n) is 10.6. The van der Waals surface area contributed by atoms with E-state index in [0.717, 1.165) is 51.2 Å². The minimum Gasteiger partial charge on any atom is -0.381 e. The number of carbonyl (C=O) groups excluding carboxylic acids is 1. The summed E-state index contributed by atoms with van der Waals surface area (Å²) in [6.07, 6.45) is 5.07. The number of amides is 1. The third kappa shape index (κ3) is 3.62. The van der Waals surface area contributed by atoms with Gasteiger partial charge >= 0.3 is 0 Å². The maximum Gasteiger partial charge on any atom is 0.220 e. The Kier molecular flexibility index (Phi) is 4.03. The van der Waals surface area contributed by atoms with Crippen LogP contribution in [0.1, 0.15) is 39.0 Å². The van der Waals surface area contributed by atoms with E-state index in [-0.39, 0.29) is 16.7 Å². The first-order valence-corrected chi connectivity index (χ1v) is 7.16. The normalized spacial score (nSPS) is 25.3. The molecular formula is C13H23NO2S. The van der Waals surface area contributed by atoms with Crippen LogP contribution in [0.15, 0.2) is 0 Å². The Hall–Kier alpha value is -0.220. The van der Waals surface area contributed by atoms with Crippen LogP contribution in [-0.2, 0) is 9.53 Å². The van der Waals surface area contributed by atoms with Crippen molar-refractivity contribution >= 4 is 18.5 Å². The first-order chi connectivity index (χ1) is 8.08. The summed E-state index contributed by atoms with van der Waals surface area (Å²) < 4.78 is 5.36. The van der Waals surface area contributed by atoms with Gasteiger partial charge in [-0.05, 0) is 42.3 Å². The number of rotatable bonds is 5. The summed E-state index contributed by atoms with van der Waals surface area (Å²) in [4.78, 5) is 11.9. The fraction of sp³-hybridized carbons (Fsp3) is 0.923. The van der Waals surface area contributed by atoms with E-state index >= 15 is 0 Å². The van der Waals surface area contributed by atoms with Crippen LogP contribution in [0.5, 0.6) is 0 Å². The first-order valence-electron chi connectivity index (χ1n) is 6.53. The second-order valence-electron chi connectivity index (χ2n) is 6.03. The maximum absolute atomic E-state index is 11.9. The number of hydrogen-bond acceptors (Lipinski definition) is 3. The Labute approximate surface area is 109 Å². The number of hydrogen-bond donors (Lipinski definition) is 2. The van der Waals surface area contributed by atoms with E-state index in [0.29, 0.717) is 6.42 Å². The lowest BCUT2D eigenvalue weighted by molar-refractivity contribution is -0.123. The molecular weight excluding hydrogens is 234 g/mol. The number of thiol groups is 1. The van der Waals surface area contributed by atoms with Gasteiger partial charge in [0.25, 0.3) is 0 Å². The minimum atomic E-state index is 0.198. The highest BCUT2D eigenvalue weighted by Gasteiger charge is 2.43. The largest absolute Gasteiger partial charge is 0.381 e. The van der Waals surface area contributed by atoms with E-state index in [1.807, 2.05) is 0 Å². The van der Waals surface area contributed by atoms with E-state index in [9.17, 15) is 4.79 Å². The molecule has 17 heavy (non-hydrogen) atoms. The molecule has 1 aliphatic carbocycles. The Bertz CT molecular complexity index is 283. The molecule has 3 nitrogen and oxygen atoms in total. The molecule has 1 amide bonds. The average Bonchev–Trinajstić information content (AvgIpc) is 3.08. The van der Waals surface area contributed by atoms with Crippen molar-refractivity contribution in [2.24, 2.45) is 10.8 Å². The molecule has 0 unspecified atom stereocenters. The van der Waals surface area contributed by atoms with E-state index < -0.39 is 0 Å². The van der Waals surface area contributed by atoms with Crippen LogP contribution in [0.4, 0.5) is 0 Å². The molecule has 1 saturated carbocycles. The fourth-order valence-electron chi connectivity index (χ4n) is 2.32. The van der Waals surface area contributed by atoms with Crippen LogP contribution < -0.4 is 5.32 Å². The molecule has 0 aromatic heterocycles. The maximum atomic E-state index is 11.9. The first kappa shape index (κ1) is 13.2. The molecule has 2 aliphatic rings. The molecule has 1 saturated heterocycles. The van der Waals surface area contributed by atoms with Gasteiger partial charge in [0, 0.05) is 26.2 Å². The van der Waals surface area contributed by atoms with Crippen molar-refractivity contribution in [2.75, 3.05) is 25.5 Å². The topological polar surface area (TPSA) is 38.3 Å². The summed E-state index contributed by atoms with van der Waals surface area (Å²) in [6.45, 7) is 4.68. The molecule has 0 radical (unpaired) electrons. The van der Waals surface area contributed by atoms with E-state index in [2.05, 4.69) is 24.9 Å². The van der Waals surface area contributed by atoms with Gasteiger partial charge in [0.2, 0.25) is 5.91 Å². The quantitative estimate of drug-likeness (QED) is 0.740. The third-order valence-corrected chi connectivity index (χ3v) is 4.91. The van der Waals surface area contributed by atoms with Crippen LogP contribution in [0, 0.1) is 10.8 Å². The van der Waals surface area contributed by atoms with Gasteiger partial charge in [-0.15, -0.1) is 0 Å². The van der Waals surface area contributed by atoms with Gasteiger partial charge in [-0.3, -0.25) is 4.79 Å². The lowest BCUT2D eigenvalue weighted by atomic mass is 9.82. The number of carbonyl (C=O) groups is 1. The van der Waals surface area contributed by atoms with Crippen molar-refractivity contribution in [3.8, 4) is 0 Å². The smallest absolute Gasteiger partial charge is 0.220 e. The molecule has 0 spiro atoms. The molecule has 98 valence electrons. The summed E-state index contributed by atoms with van der Waals surface area (Å²) >= 11 is 4.33. The molecule has 2 rings (SSSR count). The van der Waals surface area contributed by atoms with Gasteiger partial charge in [-0.2, -0.15) is 12.6 Å². The second-order valence-corrected chi connectivity index (χ2v) is 6.35. The summed E-state index contributed by atoms with van der Waals surface area (Å²) in [7, 11) is 0. The van der Waals surface area contributed by atoms with E-state index in [1.54, 1.807) is 0 Å². The summed E-state index contributed by atoms with van der Waals surface area (Å²) in [5.74, 6) is 1.04. The summed E-state index contributed by atoms with van der Waals surface area (Å²) in [6, 6.07) is 0. The molecule has 0 bridgehead atoms. The van der Waals surface area contributed by atoms with Gasteiger partial charge in [-0.25, -0.2) is 0 Å². The van der Waals surface area contributed by atoms with Crippen molar-refractivity contribution < 1.29 is 9.53 Å². The van der Waals surface area contributed by atoms with Crippen LogP contribution in [-0.4, -0.2) is 31.4 Å². The predicted molar refractivity (Wildman–Crippen MR) is 71.3 cm³/mol. The van der Waals surface area contributed by atoms with E-state index in [4.69, 9.17) is 4.74 Å². The Balaban J connectivity index is 1.72. The highest BCUT2D eigenvalue weighted by atomic mass is 32.1. The third-order valence-electron chi connectivity index (χ3n) is 4.24. The zero-order valence-corrected chi connectivity index (χ0v) is 11.5. The van der Waals surface area contributed by atoms with Gasteiger partial charge in [0.05, 0.1) is 0 Å².